The molecule has 0 aliphatic heterocycles. The first-order valence-electron chi connectivity index (χ1n) is 5.99. The number of aromatic nitrogens is 1. The van der Waals surface area contributed by atoms with E-state index in [4.69, 9.17) is 34.8 Å². The maximum absolute atomic E-state index is 12.3. The Balaban J connectivity index is 2.35. The predicted octanol–water partition coefficient (Wildman–Crippen LogP) is 4.36. The molecule has 2 rings (SSSR count). The lowest BCUT2D eigenvalue weighted by Crippen LogP contribution is -2.18. The molecule has 1 amide bonds. The molecule has 21 heavy (non-hydrogen) atoms. The summed E-state index contributed by atoms with van der Waals surface area (Å²) in [5.41, 5.74) is 1.44. The van der Waals surface area contributed by atoms with Crippen molar-refractivity contribution in [3.05, 3.63) is 51.2 Å². The average Bonchev–Trinajstić information content (AvgIpc) is 2.41. The number of benzene rings is 1. The fourth-order valence-electron chi connectivity index (χ4n) is 1.76. The van der Waals surface area contributed by atoms with Crippen LogP contribution in [0.4, 0.5) is 11.4 Å². The van der Waals surface area contributed by atoms with Gasteiger partial charge in [0.15, 0.2) is 0 Å². The van der Waals surface area contributed by atoms with Gasteiger partial charge in [-0.05, 0) is 30.3 Å². The molecule has 1 aromatic carbocycles. The average molecular weight is 345 g/mol. The van der Waals surface area contributed by atoms with Gasteiger partial charge in [0.1, 0.15) is 10.8 Å². The van der Waals surface area contributed by atoms with Crippen LogP contribution in [0.2, 0.25) is 15.2 Å². The van der Waals surface area contributed by atoms with E-state index >= 15 is 0 Å². The molecule has 0 saturated heterocycles. The molecule has 0 unspecified atom stereocenters. The van der Waals surface area contributed by atoms with Gasteiger partial charge in [-0.25, -0.2) is 4.98 Å². The third kappa shape index (κ3) is 3.79. The van der Waals surface area contributed by atoms with Crippen LogP contribution in [0.3, 0.4) is 0 Å². The normalized spacial score (nSPS) is 10.3. The maximum Gasteiger partial charge on any atom is 0.275 e. The van der Waals surface area contributed by atoms with Gasteiger partial charge in [0.05, 0.1) is 16.4 Å². The second kappa shape index (κ2) is 6.52. The number of hydrogen-bond donors (Lipinski definition) is 1. The highest BCUT2D eigenvalue weighted by molar-refractivity contribution is 6.35. The van der Waals surface area contributed by atoms with Gasteiger partial charge in [0.25, 0.3) is 5.91 Å². The van der Waals surface area contributed by atoms with Gasteiger partial charge in [-0.15, -0.1) is 0 Å². The molecule has 0 atom stereocenters. The van der Waals surface area contributed by atoms with Gasteiger partial charge in [-0.3, -0.25) is 4.79 Å². The minimum absolute atomic E-state index is 0.0637. The molecule has 0 spiro atoms. The van der Waals surface area contributed by atoms with Crippen molar-refractivity contribution in [3.8, 4) is 0 Å². The van der Waals surface area contributed by atoms with Crippen LogP contribution >= 0.6 is 34.8 Å². The molecule has 7 heteroatoms. The Bertz CT molecular complexity index is 689. The molecule has 0 radical (unpaired) electrons. The summed E-state index contributed by atoms with van der Waals surface area (Å²) in [6, 6.07) is 8.26. The molecule has 0 aliphatic rings. The highest BCUT2D eigenvalue weighted by atomic mass is 35.5. The summed E-state index contributed by atoms with van der Waals surface area (Å²) in [6.45, 7) is 0. The molecule has 4 nitrogen and oxygen atoms in total. The number of nitrogens with zero attached hydrogens (tertiary/aromatic N) is 2. The molecule has 1 N–H and O–H groups in total. The molecule has 0 aliphatic carbocycles. The van der Waals surface area contributed by atoms with Gasteiger partial charge >= 0.3 is 0 Å². The van der Waals surface area contributed by atoms with Gasteiger partial charge in [0.2, 0.25) is 0 Å². The number of rotatable bonds is 3. The zero-order valence-electron chi connectivity index (χ0n) is 11.3. The Kier molecular flexibility index (Phi) is 4.93. The number of carbonyl (C=O) groups is 1. The van der Waals surface area contributed by atoms with E-state index in [1.54, 1.807) is 12.1 Å². The third-order valence-corrected chi connectivity index (χ3v) is 3.47. The predicted molar refractivity (Wildman–Crippen MR) is 88.0 cm³/mol. The maximum atomic E-state index is 12.3. The van der Waals surface area contributed by atoms with Crippen LogP contribution in [0.1, 0.15) is 10.5 Å². The van der Waals surface area contributed by atoms with E-state index < -0.39 is 5.91 Å². The topological polar surface area (TPSA) is 45.2 Å². The van der Waals surface area contributed by atoms with Crippen molar-refractivity contribution in [1.29, 1.82) is 0 Å². The number of amides is 1. The Hall–Kier alpha value is -1.49. The number of anilines is 2. The second-order valence-electron chi connectivity index (χ2n) is 4.47. The summed E-state index contributed by atoms with van der Waals surface area (Å²) < 4.78 is 0. The first-order valence-corrected chi connectivity index (χ1v) is 7.12. The smallest absolute Gasteiger partial charge is 0.275 e. The lowest BCUT2D eigenvalue weighted by atomic mass is 10.2. The number of pyridine rings is 1. The van der Waals surface area contributed by atoms with Crippen molar-refractivity contribution >= 4 is 52.1 Å². The molecule has 110 valence electrons. The summed E-state index contributed by atoms with van der Waals surface area (Å²) >= 11 is 17.7. The number of hydrogen-bond acceptors (Lipinski definition) is 3. The highest BCUT2D eigenvalue weighted by Crippen LogP contribution is 2.28. The number of nitrogens with one attached hydrogen (secondary N) is 1. The third-order valence-electron chi connectivity index (χ3n) is 2.72. The largest absolute Gasteiger partial charge is 0.376 e. The Morgan fingerprint density at radius 3 is 2.52 bits per heavy atom. The summed E-state index contributed by atoms with van der Waals surface area (Å²) in [6.07, 6.45) is 0. The second-order valence-corrected chi connectivity index (χ2v) is 5.71. The van der Waals surface area contributed by atoms with Crippen molar-refractivity contribution in [2.45, 2.75) is 0 Å². The minimum atomic E-state index is -0.451. The standard InChI is InChI=1S/C14H12Cl3N3O/c1-20(2)11-5-3-8(15)7-10(11)18-14(21)13-9(16)4-6-12(17)19-13/h3-7H,1-2H3,(H,18,21). The quantitative estimate of drug-likeness (QED) is 0.841. The van der Waals surface area contributed by atoms with Gasteiger partial charge in [-0.2, -0.15) is 0 Å². The van der Waals surface area contributed by atoms with Crippen molar-refractivity contribution in [2.75, 3.05) is 24.3 Å². The number of halogens is 3. The van der Waals surface area contributed by atoms with Gasteiger partial charge in [0, 0.05) is 19.1 Å². The Labute approximate surface area is 137 Å². The van der Waals surface area contributed by atoms with Crippen LogP contribution in [0.5, 0.6) is 0 Å². The molecule has 1 aromatic heterocycles. The van der Waals surface area contributed by atoms with E-state index in [-0.39, 0.29) is 15.9 Å². The van der Waals surface area contributed by atoms with E-state index in [0.717, 1.165) is 5.69 Å². The van der Waals surface area contributed by atoms with E-state index in [1.165, 1.54) is 12.1 Å². The molecule has 1 heterocycles. The van der Waals surface area contributed by atoms with Crippen molar-refractivity contribution in [2.24, 2.45) is 0 Å². The first-order chi connectivity index (χ1) is 9.88. The van der Waals surface area contributed by atoms with Crippen LogP contribution in [-0.4, -0.2) is 25.0 Å². The van der Waals surface area contributed by atoms with E-state index in [1.807, 2.05) is 25.1 Å². The molecular formula is C14H12Cl3N3O. The number of carbonyl (C=O) groups excluding carboxylic acids is 1. The van der Waals surface area contributed by atoms with E-state index in [2.05, 4.69) is 10.3 Å². The molecule has 0 saturated carbocycles. The summed E-state index contributed by atoms with van der Waals surface area (Å²) in [7, 11) is 3.73. The van der Waals surface area contributed by atoms with E-state index in [0.29, 0.717) is 10.7 Å². The van der Waals surface area contributed by atoms with Crippen molar-refractivity contribution in [3.63, 3.8) is 0 Å². The fraction of sp³-hybridized carbons (Fsp3) is 0.143. The summed E-state index contributed by atoms with van der Waals surface area (Å²) in [5.74, 6) is -0.451. The molecule has 0 bridgehead atoms. The molecular weight excluding hydrogens is 333 g/mol. The van der Waals surface area contributed by atoms with Crippen LogP contribution in [0, 0.1) is 0 Å². The van der Waals surface area contributed by atoms with Gasteiger partial charge < -0.3 is 10.2 Å². The zero-order valence-corrected chi connectivity index (χ0v) is 13.6. The van der Waals surface area contributed by atoms with Crippen LogP contribution < -0.4 is 10.2 Å². The Morgan fingerprint density at radius 1 is 1.14 bits per heavy atom. The van der Waals surface area contributed by atoms with E-state index in [9.17, 15) is 4.79 Å². The fourth-order valence-corrected chi connectivity index (χ4v) is 2.27. The Morgan fingerprint density at radius 2 is 1.86 bits per heavy atom. The minimum Gasteiger partial charge on any atom is -0.376 e. The van der Waals surface area contributed by atoms with Crippen molar-refractivity contribution < 1.29 is 4.79 Å². The van der Waals surface area contributed by atoms with Crippen LogP contribution in [0.25, 0.3) is 0 Å². The SMILES string of the molecule is CN(C)c1ccc(Cl)cc1NC(=O)c1nc(Cl)ccc1Cl. The van der Waals surface area contributed by atoms with Crippen LogP contribution in [0.15, 0.2) is 30.3 Å². The first kappa shape index (κ1) is 15.9. The summed E-state index contributed by atoms with van der Waals surface area (Å²) in [5, 5.41) is 3.69. The molecule has 2 aromatic rings. The lowest BCUT2D eigenvalue weighted by Gasteiger charge is -2.18. The molecule has 0 fully saturated rings. The van der Waals surface area contributed by atoms with Crippen molar-refractivity contribution in [1.82, 2.24) is 4.98 Å². The van der Waals surface area contributed by atoms with Gasteiger partial charge in [-0.1, -0.05) is 34.8 Å². The summed E-state index contributed by atoms with van der Waals surface area (Å²) in [4.78, 5) is 18.1. The zero-order chi connectivity index (χ0) is 15.6. The highest BCUT2D eigenvalue weighted by Gasteiger charge is 2.15. The lowest BCUT2D eigenvalue weighted by molar-refractivity contribution is 0.102. The van der Waals surface area contributed by atoms with Crippen LogP contribution in [-0.2, 0) is 0 Å². The monoisotopic (exact) mass is 343 g/mol.